The van der Waals surface area contributed by atoms with Crippen molar-refractivity contribution < 1.29 is 9.53 Å². The van der Waals surface area contributed by atoms with Crippen LogP contribution in [0.1, 0.15) is 35.1 Å². The summed E-state index contributed by atoms with van der Waals surface area (Å²) in [6, 6.07) is 37.7. The maximum Gasteiger partial charge on any atom is 0.235 e. The molecule has 188 valence electrons. The Morgan fingerprint density at radius 3 is 2.16 bits per heavy atom. The number of rotatable bonds is 6. The molecule has 0 aliphatic carbocycles. The molecule has 6 rings (SSSR count). The first kappa shape index (κ1) is 24.0. The fourth-order valence-electron chi connectivity index (χ4n) is 6.14. The van der Waals surface area contributed by atoms with Crippen molar-refractivity contribution in [3.63, 3.8) is 0 Å². The zero-order valence-electron chi connectivity index (χ0n) is 21.8. The summed E-state index contributed by atoms with van der Waals surface area (Å²) in [5.74, 6) is 1.50. The molecule has 0 saturated heterocycles. The molecular weight excluding hydrogens is 466 g/mol. The van der Waals surface area contributed by atoms with E-state index >= 15 is 0 Å². The zero-order valence-corrected chi connectivity index (χ0v) is 21.8. The van der Waals surface area contributed by atoms with E-state index in [2.05, 4.69) is 72.9 Å². The highest BCUT2D eigenvalue weighted by Crippen LogP contribution is 2.50. The van der Waals surface area contributed by atoms with Crippen molar-refractivity contribution in [1.82, 2.24) is 5.32 Å². The van der Waals surface area contributed by atoms with Crippen LogP contribution < -0.4 is 10.1 Å². The Hall–Kier alpha value is -4.37. The van der Waals surface area contributed by atoms with Gasteiger partial charge in [-0.3, -0.25) is 4.79 Å². The minimum absolute atomic E-state index is 0.000797. The molecule has 38 heavy (non-hydrogen) atoms. The summed E-state index contributed by atoms with van der Waals surface area (Å²) in [5.41, 5.74) is 6.11. The number of fused-ring (bicyclic) bond motifs is 3. The molecule has 0 saturated carbocycles. The van der Waals surface area contributed by atoms with Gasteiger partial charge in [0.1, 0.15) is 16.9 Å². The zero-order chi connectivity index (χ0) is 26.1. The van der Waals surface area contributed by atoms with E-state index in [1.807, 2.05) is 48.5 Å². The summed E-state index contributed by atoms with van der Waals surface area (Å²) in [7, 11) is 1.72. The second-order valence-corrected chi connectivity index (χ2v) is 10.1. The lowest BCUT2D eigenvalue weighted by Gasteiger charge is -2.39. The highest BCUT2D eigenvalue weighted by molar-refractivity contribution is 5.94. The Morgan fingerprint density at radius 1 is 0.789 bits per heavy atom. The standard InChI is InChI=1S/C35H31NO2/c1-24-22-27(23-26-13-4-5-15-28(24)26)29-16-6-3-12-25(29)14-11-21-35(34(37)36-2)30-17-7-9-19-32(30)38-33-20-10-8-18-31(33)35/h3-10,12-13,15-20,22-23H,11,14,21H2,1-2H3,(H,36,37). The van der Waals surface area contributed by atoms with E-state index in [1.165, 1.54) is 33.0 Å². The highest BCUT2D eigenvalue weighted by atomic mass is 16.5. The molecule has 3 nitrogen and oxygen atoms in total. The number of carbonyl (C=O) groups is 1. The van der Waals surface area contributed by atoms with Crippen molar-refractivity contribution >= 4 is 16.7 Å². The van der Waals surface area contributed by atoms with Crippen molar-refractivity contribution in [1.29, 1.82) is 0 Å². The maximum absolute atomic E-state index is 13.7. The van der Waals surface area contributed by atoms with Crippen molar-refractivity contribution in [3.05, 3.63) is 131 Å². The predicted molar refractivity (Wildman–Crippen MR) is 155 cm³/mol. The second kappa shape index (κ2) is 9.83. The highest BCUT2D eigenvalue weighted by Gasteiger charge is 2.47. The molecule has 0 fully saturated rings. The molecule has 0 unspecified atom stereocenters. The molecule has 0 atom stereocenters. The number of benzene rings is 5. The van der Waals surface area contributed by atoms with Crippen LogP contribution in [-0.2, 0) is 16.6 Å². The van der Waals surface area contributed by atoms with Crippen LogP contribution in [0.5, 0.6) is 11.5 Å². The van der Waals surface area contributed by atoms with E-state index in [4.69, 9.17) is 4.74 Å². The molecule has 1 N–H and O–H groups in total. The van der Waals surface area contributed by atoms with E-state index in [0.29, 0.717) is 6.42 Å². The monoisotopic (exact) mass is 497 g/mol. The van der Waals surface area contributed by atoms with Gasteiger partial charge in [0.25, 0.3) is 0 Å². The number of para-hydroxylation sites is 2. The van der Waals surface area contributed by atoms with Gasteiger partial charge in [-0.1, -0.05) is 91.0 Å². The molecule has 1 heterocycles. The Balaban J connectivity index is 1.37. The van der Waals surface area contributed by atoms with Gasteiger partial charge in [-0.25, -0.2) is 0 Å². The topological polar surface area (TPSA) is 38.3 Å². The van der Waals surface area contributed by atoms with Gasteiger partial charge in [-0.05, 0) is 77.4 Å². The minimum Gasteiger partial charge on any atom is -0.457 e. The van der Waals surface area contributed by atoms with E-state index in [-0.39, 0.29) is 5.91 Å². The molecule has 5 aromatic carbocycles. The van der Waals surface area contributed by atoms with Gasteiger partial charge < -0.3 is 10.1 Å². The quantitative estimate of drug-likeness (QED) is 0.258. The van der Waals surface area contributed by atoms with Crippen LogP contribution in [0.3, 0.4) is 0 Å². The number of hydrogen-bond donors (Lipinski definition) is 1. The van der Waals surface area contributed by atoms with Crippen molar-refractivity contribution in [3.8, 4) is 22.6 Å². The lowest BCUT2D eigenvalue weighted by atomic mass is 9.68. The number of amides is 1. The van der Waals surface area contributed by atoms with Gasteiger partial charge in [0, 0.05) is 18.2 Å². The molecule has 1 aliphatic rings. The fourth-order valence-corrected chi connectivity index (χ4v) is 6.14. The van der Waals surface area contributed by atoms with Gasteiger partial charge in [0.15, 0.2) is 0 Å². The number of carbonyl (C=O) groups excluding carboxylic acids is 1. The van der Waals surface area contributed by atoms with Crippen LogP contribution in [0.2, 0.25) is 0 Å². The number of hydrogen-bond acceptors (Lipinski definition) is 2. The average Bonchev–Trinajstić information content (AvgIpc) is 2.96. The summed E-state index contributed by atoms with van der Waals surface area (Å²) in [6.45, 7) is 2.18. The van der Waals surface area contributed by atoms with Crippen molar-refractivity contribution in [2.75, 3.05) is 7.05 Å². The van der Waals surface area contributed by atoms with Crippen LogP contribution in [0.15, 0.2) is 109 Å². The summed E-state index contributed by atoms with van der Waals surface area (Å²) in [5, 5.41) is 5.52. The van der Waals surface area contributed by atoms with E-state index in [9.17, 15) is 4.79 Å². The third kappa shape index (κ3) is 3.95. The Kier molecular flexibility index (Phi) is 6.21. The summed E-state index contributed by atoms with van der Waals surface area (Å²) >= 11 is 0. The van der Waals surface area contributed by atoms with Gasteiger partial charge in [-0.15, -0.1) is 0 Å². The molecule has 0 radical (unpaired) electrons. The van der Waals surface area contributed by atoms with E-state index in [1.54, 1.807) is 7.05 Å². The van der Waals surface area contributed by atoms with Crippen LogP contribution in [0, 0.1) is 6.92 Å². The van der Waals surface area contributed by atoms with Crippen LogP contribution in [-0.4, -0.2) is 13.0 Å². The predicted octanol–water partition coefficient (Wildman–Crippen LogP) is 7.98. The summed E-state index contributed by atoms with van der Waals surface area (Å²) in [6.07, 6.45) is 2.39. The smallest absolute Gasteiger partial charge is 0.235 e. The third-order valence-corrected chi connectivity index (χ3v) is 7.92. The Labute approximate surface area is 224 Å². The molecule has 0 bridgehead atoms. The molecule has 1 amide bonds. The number of ether oxygens (including phenoxy) is 1. The molecule has 1 aliphatic heterocycles. The first-order valence-electron chi connectivity index (χ1n) is 13.3. The largest absolute Gasteiger partial charge is 0.457 e. The second-order valence-electron chi connectivity index (χ2n) is 10.1. The van der Waals surface area contributed by atoms with Gasteiger partial charge in [0.2, 0.25) is 5.91 Å². The Bertz CT molecular complexity index is 1610. The molecule has 5 aromatic rings. The van der Waals surface area contributed by atoms with Gasteiger partial charge in [0.05, 0.1) is 0 Å². The summed E-state index contributed by atoms with van der Waals surface area (Å²) < 4.78 is 6.24. The first-order chi connectivity index (χ1) is 18.6. The number of likely N-dealkylation sites (N-methyl/N-ethyl adjacent to an activating group) is 1. The van der Waals surface area contributed by atoms with Gasteiger partial charge in [-0.2, -0.15) is 0 Å². The maximum atomic E-state index is 13.7. The first-order valence-corrected chi connectivity index (χ1v) is 13.3. The summed E-state index contributed by atoms with van der Waals surface area (Å²) in [4.78, 5) is 13.7. The SMILES string of the molecule is CNC(=O)C1(CCCc2ccccc2-c2cc(C)c3ccccc3c2)c2ccccc2Oc2ccccc21. The normalized spacial score (nSPS) is 13.3. The fraction of sp³-hybridized carbons (Fsp3) is 0.171. The Morgan fingerprint density at radius 2 is 1.42 bits per heavy atom. The number of aryl methyl sites for hydroxylation is 2. The van der Waals surface area contributed by atoms with Crippen molar-refractivity contribution in [2.45, 2.75) is 31.6 Å². The minimum atomic E-state index is -0.811. The molecule has 0 aromatic heterocycles. The average molecular weight is 498 g/mol. The molecule has 3 heteroatoms. The lowest BCUT2D eigenvalue weighted by molar-refractivity contribution is -0.125. The third-order valence-electron chi connectivity index (χ3n) is 7.92. The van der Waals surface area contributed by atoms with Crippen LogP contribution >= 0.6 is 0 Å². The van der Waals surface area contributed by atoms with Gasteiger partial charge >= 0.3 is 0 Å². The van der Waals surface area contributed by atoms with E-state index < -0.39 is 5.41 Å². The van der Waals surface area contributed by atoms with Crippen molar-refractivity contribution in [2.24, 2.45) is 0 Å². The number of nitrogens with one attached hydrogen (secondary N) is 1. The van der Waals surface area contributed by atoms with E-state index in [0.717, 1.165) is 35.5 Å². The van der Waals surface area contributed by atoms with Crippen LogP contribution in [0.25, 0.3) is 21.9 Å². The van der Waals surface area contributed by atoms with Crippen LogP contribution in [0.4, 0.5) is 0 Å². The lowest BCUT2D eigenvalue weighted by Crippen LogP contribution is -2.45. The molecular formula is C35H31NO2. The molecule has 0 spiro atoms.